The van der Waals surface area contributed by atoms with Crippen molar-refractivity contribution in [3.05, 3.63) is 0 Å². The molecule has 2 saturated carbocycles. The van der Waals surface area contributed by atoms with Crippen molar-refractivity contribution in [2.75, 3.05) is 13.6 Å². The second-order valence-corrected chi connectivity index (χ2v) is 6.53. The fourth-order valence-electron chi connectivity index (χ4n) is 3.31. The largest absolute Gasteiger partial charge is 0.343 e. The lowest BCUT2D eigenvalue weighted by atomic mass is 9.89. The lowest BCUT2D eigenvalue weighted by Crippen LogP contribution is -2.45. The first kappa shape index (κ1) is 14.8. The van der Waals surface area contributed by atoms with Gasteiger partial charge in [-0.2, -0.15) is 0 Å². The zero-order chi connectivity index (χ0) is 13.8. The maximum absolute atomic E-state index is 12.4. The van der Waals surface area contributed by atoms with Crippen molar-refractivity contribution < 1.29 is 4.79 Å². The van der Waals surface area contributed by atoms with Crippen molar-refractivity contribution in [3.8, 4) is 0 Å². The van der Waals surface area contributed by atoms with E-state index in [2.05, 4.69) is 24.1 Å². The van der Waals surface area contributed by atoms with E-state index in [1.807, 2.05) is 7.05 Å². The zero-order valence-corrected chi connectivity index (χ0v) is 12.8. The smallest absolute Gasteiger partial charge is 0.225 e. The van der Waals surface area contributed by atoms with Crippen molar-refractivity contribution in [1.29, 1.82) is 0 Å². The van der Waals surface area contributed by atoms with E-state index >= 15 is 0 Å². The molecule has 0 spiro atoms. The van der Waals surface area contributed by atoms with Crippen molar-refractivity contribution in [3.63, 3.8) is 0 Å². The summed E-state index contributed by atoms with van der Waals surface area (Å²) in [5.74, 6) is 1.31. The van der Waals surface area contributed by atoms with E-state index in [1.165, 1.54) is 44.9 Å². The first-order valence-electron chi connectivity index (χ1n) is 8.13. The van der Waals surface area contributed by atoms with Crippen LogP contribution in [0.5, 0.6) is 0 Å². The Morgan fingerprint density at radius 3 is 2.37 bits per heavy atom. The average Bonchev–Trinajstić information content (AvgIpc) is 3.28. The van der Waals surface area contributed by atoms with Crippen LogP contribution in [0.15, 0.2) is 0 Å². The molecule has 110 valence electrons. The predicted octanol–water partition coefficient (Wildman–Crippen LogP) is 2.80. The van der Waals surface area contributed by atoms with E-state index in [1.54, 1.807) is 0 Å². The molecule has 0 aromatic carbocycles. The molecule has 1 amide bonds. The molecule has 3 nitrogen and oxygen atoms in total. The molecule has 2 rings (SSSR count). The van der Waals surface area contributed by atoms with E-state index < -0.39 is 0 Å². The number of nitrogens with zero attached hydrogens (tertiary/aromatic N) is 1. The molecule has 0 aliphatic heterocycles. The van der Waals surface area contributed by atoms with E-state index in [9.17, 15) is 4.79 Å². The average molecular weight is 266 g/mol. The molecule has 0 radical (unpaired) electrons. The van der Waals surface area contributed by atoms with Crippen molar-refractivity contribution in [2.24, 2.45) is 11.8 Å². The molecule has 0 aromatic heterocycles. The highest BCUT2D eigenvalue weighted by Gasteiger charge is 2.36. The summed E-state index contributed by atoms with van der Waals surface area (Å²) in [6.45, 7) is 5.46. The monoisotopic (exact) mass is 266 g/mol. The highest BCUT2D eigenvalue weighted by molar-refractivity contribution is 5.79. The number of nitrogens with one attached hydrogen (secondary N) is 1. The van der Waals surface area contributed by atoms with Gasteiger partial charge in [-0.1, -0.05) is 13.8 Å². The molecule has 0 aromatic rings. The van der Waals surface area contributed by atoms with E-state index in [4.69, 9.17) is 0 Å². The lowest BCUT2D eigenvalue weighted by molar-refractivity contribution is -0.137. The molecule has 1 unspecified atom stereocenters. The molecule has 0 heterocycles. The van der Waals surface area contributed by atoms with Gasteiger partial charge in [0, 0.05) is 25.0 Å². The van der Waals surface area contributed by atoms with Crippen molar-refractivity contribution >= 4 is 5.91 Å². The molecule has 0 saturated heterocycles. The Hall–Kier alpha value is -0.570. The zero-order valence-electron chi connectivity index (χ0n) is 12.8. The van der Waals surface area contributed by atoms with Gasteiger partial charge in [0.1, 0.15) is 0 Å². The predicted molar refractivity (Wildman–Crippen MR) is 79.0 cm³/mol. The normalized spacial score (nSPS) is 29.0. The minimum atomic E-state index is 0.251. The number of carbonyl (C=O) groups excluding carboxylic acids is 1. The van der Waals surface area contributed by atoms with E-state index in [0.717, 1.165) is 6.54 Å². The Kier molecular flexibility index (Phi) is 5.26. The molecule has 1 atom stereocenters. The van der Waals surface area contributed by atoms with E-state index in [0.29, 0.717) is 23.9 Å². The Morgan fingerprint density at radius 2 is 1.84 bits per heavy atom. The maximum Gasteiger partial charge on any atom is 0.225 e. The van der Waals surface area contributed by atoms with Crippen molar-refractivity contribution in [2.45, 2.75) is 70.9 Å². The molecule has 3 heteroatoms. The molecular weight excluding hydrogens is 236 g/mol. The van der Waals surface area contributed by atoms with E-state index in [-0.39, 0.29) is 5.92 Å². The number of rotatable bonds is 6. The van der Waals surface area contributed by atoms with Crippen LogP contribution in [-0.4, -0.2) is 36.5 Å². The van der Waals surface area contributed by atoms with Gasteiger partial charge in [0.25, 0.3) is 0 Å². The minimum Gasteiger partial charge on any atom is -0.343 e. The van der Waals surface area contributed by atoms with Gasteiger partial charge in [0.05, 0.1) is 0 Å². The van der Waals surface area contributed by atoms with Crippen LogP contribution in [0, 0.1) is 11.8 Å². The van der Waals surface area contributed by atoms with Crippen LogP contribution in [-0.2, 0) is 4.79 Å². The maximum atomic E-state index is 12.4. The van der Waals surface area contributed by atoms with Crippen LogP contribution >= 0.6 is 0 Å². The Labute approximate surface area is 118 Å². The number of hydrogen-bond donors (Lipinski definition) is 1. The van der Waals surface area contributed by atoms with Crippen LogP contribution in [0.3, 0.4) is 0 Å². The molecule has 1 N–H and O–H groups in total. The SMILES string of the molecule is CCCNC1CCC(N(C)C(=O)C(C)C2CC2)CC1. The Balaban J connectivity index is 1.75. The number of carbonyl (C=O) groups is 1. The molecule has 0 bridgehead atoms. The summed E-state index contributed by atoms with van der Waals surface area (Å²) in [7, 11) is 2.02. The number of amides is 1. The topological polar surface area (TPSA) is 32.3 Å². The third-order valence-electron chi connectivity index (χ3n) is 4.99. The standard InChI is InChI=1S/C16H30N2O/c1-4-11-17-14-7-9-15(10-8-14)18(3)16(19)12(2)13-5-6-13/h12-15,17H,4-11H2,1-3H3. The molecule has 2 aliphatic carbocycles. The molecule has 2 fully saturated rings. The molecule has 2 aliphatic rings. The summed E-state index contributed by atoms with van der Waals surface area (Å²) in [5.41, 5.74) is 0. The van der Waals surface area contributed by atoms with Crippen LogP contribution < -0.4 is 5.32 Å². The van der Waals surface area contributed by atoms with Crippen LogP contribution in [0.25, 0.3) is 0 Å². The highest BCUT2D eigenvalue weighted by Crippen LogP contribution is 2.38. The summed E-state index contributed by atoms with van der Waals surface area (Å²) in [6, 6.07) is 1.16. The van der Waals surface area contributed by atoms with Gasteiger partial charge < -0.3 is 10.2 Å². The summed E-state index contributed by atoms with van der Waals surface area (Å²) in [6.07, 6.45) is 8.50. The summed E-state index contributed by atoms with van der Waals surface area (Å²) < 4.78 is 0. The fourth-order valence-corrected chi connectivity index (χ4v) is 3.31. The van der Waals surface area contributed by atoms with Gasteiger partial charge in [0.2, 0.25) is 5.91 Å². The fraction of sp³-hybridized carbons (Fsp3) is 0.938. The second-order valence-electron chi connectivity index (χ2n) is 6.53. The van der Waals surface area contributed by atoms with Crippen LogP contribution in [0.1, 0.15) is 58.8 Å². The molecular formula is C16H30N2O. The minimum absolute atomic E-state index is 0.251. The van der Waals surface area contributed by atoms with Crippen LogP contribution in [0.4, 0.5) is 0 Å². The van der Waals surface area contributed by atoms with Gasteiger partial charge in [-0.05, 0) is 57.4 Å². The third-order valence-corrected chi connectivity index (χ3v) is 4.99. The van der Waals surface area contributed by atoms with Gasteiger partial charge in [0.15, 0.2) is 0 Å². The summed E-state index contributed by atoms with van der Waals surface area (Å²) in [5, 5.41) is 3.61. The number of hydrogen-bond acceptors (Lipinski definition) is 2. The Morgan fingerprint density at radius 1 is 1.21 bits per heavy atom. The first-order chi connectivity index (χ1) is 9.13. The lowest BCUT2D eigenvalue weighted by Gasteiger charge is -2.36. The quantitative estimate of drug-likeness (QED) is 0.802. The summed E-state index contributed by atoms with van der Waals surface area (Å²) in [4.78, 5) is 14.4. The molecule has 19 heavy (non-hydrogen) atoms. The first-order valence-corrected chi connectivity index (χ1v) is 8.13. The second kappa shape index (κ2) is 6.74. The Bertz CT molecular complexity index is 293. The van der Waals surface area contributed by atoms with Gasteiger partial charge in [-0.25, -0.2) is 0 Å². The van der Waals surface area contributed by atoms with Gasteiger partial charge in [-0.3, -0.25) is 4.79 Å². The van der Waals surface area contributed by atoms with Gasteiger partial charge in [-0.15, -0.1) is 0 Å². The van der Waals surface area contributed by atoms with Crippen LogP contribution in [0.2, 0.25) is 0 Å². The van der Waals surface area contributed by atoms with Gasteiger partial charge >= 0.3 is 0 Å². The van der Waals surface area contributed by atoms with Crippen molar-refractivity contribution in [1.82, 2.24) is 10.2 Å². The third kappa shape index (κ3) is 3.95. The summed E-state index contributed by atoms with van der Waals surface area (Å²) >= 11 is 0. The highest BCUT2D eigenvalue weighted by atomic mass is 16.2.